The van der Waals surface area contributed by atoms with E-state index in [0.29, 0.717) is 17.9 Å². The Hall–Kier alpha value is -2.85. The minimum absolute atomic E-state index is 0.587. The van der Waals surface area contributed by atoms with Gasteiger partial charge in [-0.15, -0.1) is 5.10 Å². The Morgan fingerprint density at radius 3 is 2.62 bits per heavy atom. The average Bonchev–Trinajstić information content (AvgIpc) is 3.11. The summed E-state index contributed by atoms with van der Waals surface area (Å²) in [6, 6.07) is 19.0. The van der Waals surface area contributed by atoms with Crippen LogP contribution in [0.15, 0.2) is 54.6 Å². The summed E-state index contributed by atoms with van der Waals surface area (Å²) in [5.74, 6) is 3.11. The summed E-state index contributed by atoms with van der Waals surface area (Å²) in [4.78, 5) is 0. The van der Waals surface area contributed by atoms with Crippen molar-refractivity contribution in [2.45, 2.75) is 5.75 Å². The molecule has 0 unspecified atom stereocenters. The van der Waals surface area contributed by atoms with Crippen LogP contribution >= 0.6 is 11.8 Å². The van der Waals surface area contributed by atoms with E-state index in [0.717, 1.165) is 23.0 Å². The van der Waals surface area contributed by atoms with Gasteiger partial charge in [0, 0.05) is 5.75 Å². The standard InChI is InChI=1S/C17H15N5OS/c18-12-14-6-8-16(9-7-14)23-10-11-24-13-17-19-20-21-22(17)15-4-2-1-3-5-15/h1-9H,10-11,13H2. The van der Waals surface area contributed by atoms with Gasteiger partial charge in [0.15, 0.2) is 5.82 Å². The third-order valence-electron chi connectivity index (χ3n) is 3.25. The van der Waals surface area contributed by atoms with E-state index in [1.165, 1.54) is 0 Å². The first-order valence-corrected chi connectivity index (χ1v) is 8.55. The van der Waals surface area contributed by atoms with Gasteiger partial charge >= 0.3 is 0 Å². The van der Waals surface area contributed by atoms with Gasteiger partial charge in [0.1, 0.15) is 5.75 Å². The molecule has 0 aliphatic carbocycles. The molecule has 120 valence electrons. The van der Waals surface area contributed by atoms with Crippen molar-refractivity contribution in [1.82, 2.24) is 20.2 Å². The Kier molecular flexibility index (Phi) is 5.43. The van der Waals surface area contributed by atoms with Gasteiger partial charge < -0.3 is 4.74 Å². The van der Waals surface area contributed by atoms with Crippen LogP contribution in [0.4, 0.5) is 0 Å². The van der Waals surface area contributed by atoms with Crippen LogP contribution < -0.4 is 4.74 Å². The van der Waals surface area contributed by atoms with Gasteiger partial charge in [-0.2, -0.15) is 21.7 Å². The van der Waals surface area contributed by atoms with Crippen LogP contribution in [0.1, 0.15) is 11.4 Å². The number of tetrazole rings is 1. The summed E-state index contributed by atoms with van der Waals surface area (Å²) in [6.07, 6.45) is 0. The molecule has 6 nitrogen and oxygen atoms in total. The number of thioether (sulfide) groups is 1. The monoisotopic (exact) mass is 337 g/mol. The molecule has 0 aliphatic heterocycles. The Bertz CT molecular complexity index is 811. The summed E-state index contributed by atoms with van der Waals surface area (Å²) >= 11 is 1.71. The van der Waals surface area contributed by atoms with Gasteiger partial charge in [0.2, 0.25) is 0 Å². The SMILES string of the molecule is N#Cc1ccc(OCCSCc2nnnn2-c2ccccc2)cc1. The van der Waals surface area contributed by atoms with Gasteiger partial charge in [-0.3, -0.25) is 0 Å². The number of para-hydroxylation sites is 1. The molecule has 0 N–H and O–H groups in total. The Balaban J connectivity index is 1.46. The highest BCUT2D eigenvalue weighted by molar-refractivity contribution is 7.98. The number of aromatic nitrogens is 4. The molecular weight excluding hydrogens is 322 g/mol. The second kappa shape index (κ2) is 8.13. The predicted molar refractivity (Wildman–Crippen MR) is 92.0 cm³/mol. The predicted octanol–water partition coefficient (Wildman–Crippen LogP) is 2.85. The summed E-state index contributed by atoms with van der Waals surface area (Å²) in [6.45, 7) is 0.587. The highest BCUT2D eigenvalue weighted by Crippen LogP contribution is 2.15. The number of rotatable bonds is 7. The average molecular weight is 337 g/mol. The molecule has 0 radical (unpaired) electrons. The van der Waals surface area contributed by atoms with E-state index in [1.54, 1.807) is 40.7 Å². The molecule has 24 heavy (non-hydrogen) atoms. The fourth-order valence-electron chi connectivity index (χ4n) is 2.07. The van der Waals surface area contributed by atoms with Gasteiger partial charge in [-0.25, -0.2) is 0 Å². The lowest BCUT2D eigenvalue weighted by atomic mass is 10.2. The van der Waals surface area contributed by atoms with Crippen LogP contribution in [0.5, 0.6) is 5.75 Å². The van der Waals surface area contributed by atoms with Crippen LogP contribution in [-0.2, 0) is 5.75 Å². The highest BCUT2D eigenvalue weighted by Gasteiger charge is 2.07. The maximum atomic E-state index is 8.76. The zero-order valence-corrected chi connectivity index (χ0v) is 13.7. The summed E-state index contributed by atoms with van der Waals surface area (Å²) in [5, 5.41) is 20.6. The topological polar surface area (TPSA) is 76.6 Å². The quantitative estimate of drug-likeness (QED) is 0.617. The molecular formula is C17H15N5OS. The zero-order valence-electron chi connectivity index (χ0n) is 12.9. The van der Waals surface area contributed by atoms with E-state index in [1.807, 2.05) is 30.3 Å². The first-order valence-electron chi connectivity index (χ1n) is 7.40. The molecule has 0 saturated carbocycles. The second-order valence-corrected chi connectivity index (χ2v) is 5.98. The van der Waals surface area contributed by atoms with E-state index in [2.05, 4.69) is 21.6 Å². The molecule has 0 spiro atoms. The molecule has 0 fully saturated rings. The molecule has 1 aromatic heterocycles. The molecule has 0 amide bonds. The van der Waals surface area contributed by atoms with Crippen LogP contribution in [0, 0.1) is 11.3 Å². The van der Waals surface area contributed by atoms with Crippen LogP contribution in [0.2, 0.25) is 0 Å². The van der Waals surface area contributed by atoms with Gasteiger partial charge in [0.05, 0.1) is 29.7 Å². The fourth-order valence-corrected chi connectivity index (χ4v) is 2.78. The number of ether oxygens (including phenoxy) is 1. The van der Waals surface area contributed by atoms with Gasteiger partial charge in [-0.05, 0) is 46.8 Å². The fraction of sp³-hybridized carbons (Fsp3) is 0.176. The van der Waals surface area contributed by atoms with Crippen molar-refractivity contribution in [3.05, 3.63) is 66.0 Å². The van der Waals surface area contributed by atoms with Crippen molar-refractivity contribution < 1.29 is 4.74 Å². The van der Waals surface area contributed by atoms with Crippen molar-refractivity contribution >= 4 is 11.8 Å². The van der Waals surface area contributed by atoms with E-state index >= 15 is 0 Å². The largest absolute Gasteiger partial charge is 0.493 e. The Labute approximate surface area is 144 Å². The molecule has 3 rings (SSSR count). The smallest absolute Gasteiger partial charge is 0.166 e. The summed E-state index contributed by atoms with van der Waals surface area (Å²) in [5.41, 5.74) is 1.58. The van der Waals surface area contributed by atoms with Crippen molar-refractivity contribution in [2.24, 2.45) is 0 Å². The highest BCUT2D eigenvalue weighted by atomic mass is 32.2. The van der Waals surface area contributed by atoms with Crippen molar-refractivity contribution in [2.75, 3.05) is 12.4 Å². The van der Waals surface area contributed by atoms with Crippen molar-refractivity contribution in [1.29, 1.82) is 5.26 Å². The lowest BCUT2D eigenvalue weighted by Gasteiger charge is -2.06. The maximum absolute atomic E-state index is 8.76. The first kappa shape index (κ1) is 16.0. The van der Waals surface area contributed by atoms with E-state index in [4.69, 9.17) is 10.00 Å². The Morgan fingerprint density at radius 1 is 1.08 bits per heavy atom. The van der Waals surface area contributed by atoms with Crippen molar-refractivity contribution in [3.63, 3.8) is 0 Å². The zero-order chi connectivity index (χ0) is 16.6. The second-order valence-electron chi connectivity index (χ2n) is 4.88. The number of hydrogen-bond donors (Lipinski definition) is 0. The van der Waals surface area contributed by atoms with E-state index < -0.39 is 0 Å². The number of benzene rings is 2. The minimum Gasteiger partial charge on any atom is -0.493 e. The van der Waals surface area contributed by atoms with E-state index in [9.17, 15) is 0 Å². The van der Waals surface area contributed by atoms with Crippen LogP contribution in [0.3, 0.4) is 0 Å². The number of hydrogen-bond acceptors (Lipinski definition) is 6. The lowest BCUT2D eigenvalue weighted by Crippen LogP contribution is -2.04. The molecule has 2 aromatic carbocycles. The van der Waals surface area contributed by atoms with Gasteiger partial charge in [0.25, 0.3) is 0 Å². The minimum atomic E-state index is 0.587. The third-order valence-corrected chi connectivity index (χ3v) is 4.16. The summed E-state index contributed by atoms with van der Waals surface area (Å²) in [7, 11) is 0. The lowest BCUT2D eigenvalue weighted by molar-refractivity contribution is 0.344. The molecule has 0 saturated heterocycles. The Morgan fingerprint density at radius 2 is 1.88 bits per heavy atom. The maximum Gasteiger partial charge on any atom is 0.166 e. The van der Waals surface area contributed by atoms with Crippen molar-refractivity contribution in [3.8, 4) is 17.5 Å². The molecule has 0 atom stereocenters. The molecule has 0 aliphatic rings. The van der Waals surface area contributed by atoms with Crippen LogP contribution in [-0.4, -0.2) is 32.6 Å². The molecule has 3 aromatic rings. The molecule has 1 heterocycles. The normalized spacial score (nSPS) is 10.3. The third kappa shape index (κ3) is 4.12. The van der Waals surface area contributed by atoms with Crippen LogP contribution in [0.25, 0.3) is 5.69 Å². The number of nitrogens with zero attached hydrogens (tertiary/aromatic N) is 5. The molecule has 0 bridgehead atoms. The van der Waals surface area contributed by atoms with Gasteiger partial charge in [-0.1, -0.05) is 18.2 Å². The molecule has 7 heteroatoms. The van der Waals surface area contributed by atoms with E-state index in [-0.39, 0.29) is 0 Å². The number of nitriles is 1. The summed E-state index contributed by atoms with van der Waals surface area (Å²) < 4.78 is 7.40. The first-order chi connectivity index (χ1) is 11.9.